The van der Waals surface area contributed by atoms with E-state index >= 15 is 0 Å². The van der Waals surface area contributed by atoms with E-state index in [-0.39, 0.29) is 11.5 Å². The molecule has 1 amide bonds. The van der Waals surface area contributed by atoms with E-state index in [9.17, 15) is 4.79 Å². The third-order valence-electron chi connectivity index (χ3n) is 6.59. The van der Waals surface area contributed by atoms with Crippen LogP contribution in [0.4, 0.5) is 11.4 Å². The average Bonchev–Trinajstić information content (AvgIpc) is 3.56. The number of ether oxygens (including phenoxy) is 1. The van der Waals surface area contributed by atoms with E-state index < -0.39 is 0 Å². The van der Waals surface area contributed by atoms with Crippen molar-refractivity contribution in [3.63, 3.8) is 0 Å². The second-order valence-electron chi connectivity index (χ2n) is 9.71. The number of anilines is 2. The van der Waals surface area contributed by atoms with E-state index in [1.165, 1.54) is 0 Å². The van der Waals surface area contributed by atoms with E-state index in [1.807, 2.05) is 6.20 Å². The standard InChI is InChI=1S/C25H28N8O2/c1-25(2)14-17-12-19(30-24(34)18-15-29-33-7-3-4-28-23(18)33)20(13-21(17)35-25)32-10-8-31(9-11-32)16-22-26-5-6-27-22/h3-7,12-13,15H,8-11,14,16H2,1-2H3,(H,26,27)(H,30,34). The highest BCUT2D eigenvalue weighted by Crippen LogP contribution is 2.42. The molecule has 0 saturated carbocycles. The Labute approximate surface area is 202 Å². The zero-order chi connectivity index (χ0) is 24.0. The summed E-state index contributed by atoms with van der Waals surface area (Å²) in [6, 6.07) is 5.93. The van der Waals surface area contributed by atoms with Crippen LogP contribution >= 0.6 is 0 Å². The topological polar surface area (TPSA) is 104 Å². The summed E-state index contributed by atoms with van der Waals surface area (Å²) in [7, 11) is 0. The molecule has 0 aliphatic carbocycles. The van der Waals surface area contributed by atoms with Gasteiger partial charge < -0.3 is 19.9 Å². The lowest BCUT2D eigenvalue weighted by molar-refractivity contribution is 0.102. The minimum Gasteiger partial charge on any atom is -0.487 e. The van der Waals surface area contributed by atoms with Crippen molar-refractivity contribution in [3.05, 3.63) is 66.1 Å². The SMILES string of the molecule is CC1(C)Cc2cc(NC(=O)c3cnn4cccnc34)c(N3CCN(Cc4ncc[nH]4)CC3)cc2O1. The lowest BCUT2D eigenvalue weighted by Gasteiger charge is -2.36. The number of rotatable bonds is 5. The Kier molecular flexibility index (Phi) is 5.18. The molecule has 10 nitrogen and oxygen atoms in total. The van der Waals surface area contributed by atoms with Crippen LogP contribution in [-0.2, 0) is 13.0 Å². The number of aromatic nitrogens is 5. The summed E-state index contributed by atoms with van der Waals surface area (Å²) in [5.74, 6) is 1.63. The van der Waals surface area contributed by atoms with Crippen molar-refractivity contribution in [2.45, 2.75) is 32.4 Å². The molecule has 0 atom stereocenters. The molecule has 1 fully saturated rings. The zero-order valence-electron chi connectivity index (χ0n) is 19.9. The molecule has 2 aliphatic rings. The number of H-pyrrole nitrogens is 1. The molecule has 2 N–H and O–H groups in total. The second kappa shape index (κ2) is 8.38. The molecule has 10 heteroatoms. The summed E-state index contributed by atoms with van der Waals surface area (Å²) in [5, 5.41) is 7.41. The van der Waals surface area contributed by atoms with Crippen LogP contribution < -0.4 is 15.0 Å². The highest BCUT2D eigenvalue weighted by Gasteiger charge is 2.32. The number of imidazole rings is 1. The Hall–Kier alpha value is -3.92. The Morgan fingerprint density at radius 2 is 2.03 bits per heavy atom. The number of carbonyl (C=O) groups excluding carboxylic acids is 1. The average molecular weight is 473 g/mol. The molecule has 1 aromatic carbocycles. The van der Waals surface area contributed by atoms with E-state index in [1.54, 1.807) is 35.4 Å². The van der Waals surface area contributed by atoms with Gasteiger partial charge in [-0.15, -0.1) is 0 Å². The maximum Gasteiger partial charge on any atom is 0.261 e. The quantitative estimate of drug-likeness (QED) is 0.460. The number of hydrogen-bond donors (Lipinski definition) is 2. The van der Waals surface area contributed by atoms with Crippen LogP contribution in [0.2, 0.25) is 0 Å². The van der Waals surface area contributed by atoms with Crippen LogP contribution in [-0.4, -0.2) is 67.2 Å². The number of fused-ring (bicyclic) bond motifs is 2. The van der Waals surface area contributed by atoms with Gasteiger partial charge in [-0.3, -0.25) is 9.69 Å². The van der Waals surface area contributed by atoms with Crippen molar-refractivity contribution in [2.75, 3.05) is 36.4 Å². The Bertz CT molecular complexity index is 1370. The first-order chi connectivity index (χ1) is 16.9. The number of benzene rings is 1. The fourth-order valence-corrected chi connectivity index (χ4v) is 4.92. The molecule has 4 aromatic rings. The highest BCUT2D eigenvalue weighted by atomic mass is 16.5. The molecule has 0 spiro atoms. The Balaban J connectivity index is 1.27. The van der Waals surface area contributed by atoms with Crippen molar-refractivity contribution in [1.82, 2.24) is 29.5 Å². The maximum atomic E-state index is 13.3. The number of carbonyl (C=O) groups is 1. The van der Waals surface area contributed by atoms with Gasteiger partial charge in [0.15, 0.2) is 5.65 Å². The largest absolute Gasteiger partial charge is 0.487 e. The highest BCUT2D eigenvalue weighted by molar-refractivity contribution is 6.09. The van der Waals surface area contributed by atoms with Gasteiger partial charge in [0.05, 0.1) is 24.1 Å². The van der Waals surface area contributed by atoms with Gasteiger partial charge in [-0.1, -0.05) is 0 Å². The Morgan fingerprint density at radius 1 is 1.17 bits per heavy atom. The number of nitrogens with one attached hydrogen (secondary N) is 2. The summed E-state index contributed by atoms with van der Waals surface area (Å²) < 4.78 is 7.83. The predicted molar refractivity (Wildman–Crippen MR) is 132 cm³/mol. The van der Waals surface area contributed by atoms with Crippen LogP contribution in [0.3, 0.4) is 0 Å². The van der Waals surface area contributed by atoms with Crippen molar-refractivity contribution in [3.8, 4) is 5.75 Å². The van der Waals surface area contributed by atoms with Crippen molar-refractivity contribution >= 4 is 22.9 Å². The van der Waals surface area contributed by atoms with Gasteiger partial charge in [-0.2, -0.15) is 5.10 Å². The van der Waals surface area contributed by atoms with E-state index in [4.69, 9.17) is 4.74 Å². The molecular weight excluding hydrogens is 444 g/mol. The molecule has 180 valence electrons. The number of aromatic amines is 1. The van der Waals surface area contributed by atoms with Gasteiger partial charge in [0.25, 0.3) is 5.91 Å². The Morgan fingerprint density at radius 3 is 2.83 bits per heavy atom. The summed E-state index contributed by atoms with van der Waals surface area (Å²) in [6.07, 6.45) is 9.43. The molecule has 0 radical (unpaired) electrons. The number of nitrogens with zero attached hydrogens (tertiary/aromatic N) is 6. The smallest absolute Gasteiger partial charge is 0.261 e. The molecule has 0 unspecified atom stereocenters. The van der Waals surface area contributed by atoms with Crippen molar-refractivity contribution in [2.24, 2.45) is 0 Å². The predicted octanol–water partition coefficient (Wildman–Crippen LogP) is 2.74. The summed E-state index contributed by atoms with van der Waals surface area (Å²) >= 11 is 0. The summed E-state index contributed by atoms with van der Waals surface area (Å²) in [4.78, 5) is 29.9. The normalized spacial score (nSPS) is 17.4. The molecule has 6 rings (SSSR count). The van der Waals surface area contributed by atoms with Crippen LogP contribution in [0.5, 0.6) is 5.75 Å². The first-order valence-electron chi connectivity index (χ1n) is 11.9. The van der Waals surface area contributed by atoms with Gasteiger partial charge in [0.1, 0.15) is 22.7 Å². The van der Waals surface area contributed by atoms with Crippen LogP contribution in [0.1, 0.15) is 35.6 Å². The molecule has 5 heterocycles. The zero-order valence-corrected chi connectivity index (χ0v) is 19.9. The minimum atomic E-state index is -0.268. The molecule has 2 aliphatic heterocycles. The van der Waals surface area contributed by atoms with Gasteiger partial charge >= 0.3 is 0 Å². The van der Waals surface area contributed by atoms with Gasteiger partial charge in [-0.05, 0) is 26.0 Å². The van der Waals surface area contributed by atoms with Crippen LogP contribution in [0, 0.1) is 0 Å². The fraction of sp³-hybridized carbons (Fsp3) is 0.360. The lowest BCUT2D eigenvalue weighted by atomic mass is 10.0. The lowest BCUT2D eigenvalue weighted by Crippen LogP contribution is -2.46. The van der Waals surface area contributed by atoms with Crippen molar-refractivity contribution in [1.29, 1.82) is 0 Å². The maximum absolute atomic E-state index is 13.3. The van der Waals surface area contributed by atoms with Crippen molar-refractivity contribution < 1.29 is 9.53 Å². The van der Waals surface area contributed by atoms with E-state index in [2.05, 4.69) is 61.1 Å². The first kappa shape index (κ1) is 21.6. The minimum absolute atomic E-state index is 0.227. The molecule has 0 bridgehead atoms. The fourth-order valence-electron chi connectivity index (χ4n) is 4.92. The number of hydrogen-bond acceptors (Lipinski definition) is 7. The molecular formula is C25H28N8O2. The third kappa shape index (κ3) is 4.21. The molecule has 35 heavy (non-hydrogen) atoms. The number of piperazine rings is 1. The van der Waals surface area contributed by atoms with Gasteiger partial charge in [0, 0.05) is 69.0 Å². The first-order valence-corrected chi connectivity index (χ1v) is 11.9. The van der Waals surface area contributed by atoms with E-state index in [0.29, 0.717) is 11.2 Å². The molecule has 3 aromatic heterocycles. The van der Waals surface area contributed by atoms with Gasteiger partial charge in [-0.25, -0.2) is 14.5 Å². The molecule has 1 saturated heterocycles. The van der Waals surface area contributed by atoms with Crippen LogP contribution in [0.15, 0.2) is 49.2 Å². The second-order valence-corrected chi connectivity index (χ2v) is 9.71. The summed E-state index contributed by atoms with van der Waals surface area (Å²) in [5.41, 5.74) is 3.56. The van der Waals surface area contributed by atoms with Crippen LogP contribution in [0.25, 0.3) is 5.65 Å². The van der Waals surface area contributed by atoms with Gasteiger partial charge in [0.2, 0.25) is 0 Å². The number of amides is 1. The monoisotopic (exact) mass is 472 g/mol. The van der Waals surface area contributed by atoms with E-state index in [0.717, 1.165) is 67.7 Å². The summed E-state index contributed by atoms with van der Waals surface area (Å²) in [6.45, 7) is 8.44. The third-order valence-corrected chi connectivity index (χ3v) is 6.59.